The summed E-state index contributed by atoms with van der Waals surface area (Å²) in [6.45, 7) is 0. The van der Waals surface area contributed by atoms with Gasteiger partial charge in [0.1, 0.15) is 5.75 Å². The Kier molecular flexibility index (Phi) is 7.58. The Labute approximate surface area is 159 Å². The van der Waals surface area contributed by atoms with E-state index in [1.54, 1.807) is 13.2 Å². The van der Waals surface area contributed by atoms with Gasteiger partial charge in [-0.05, 0) is 86.3 Å². The normalized spacial score (nSPS) is 29.8. The van der Waals surface area contributed by atoms with Crippen LogP contribution < -0.4 is 4.74 Å². The zero-order valence-electron chi connectivity index (χ0n) is 16.3. The van der Waals surface area contributed by atoms with Crippen molar-refractivity contribution in [3.8, 4) is 5.75 Å². The van der Waals surface area contributed by atoms with E-state index in [1.807, 2.05) is 0 Å². The van der Waals surface area contributed by atoms with Gasteiger partial charge in [0.05, 0.1) is 13.4 Å². The molecule has 2 saturated carbocycles. The summed E-state index contributed by atoms with van der Waals surface area (Å²) < 4.78 is 17.4. The first-order chi connectivity index (χ1) is 12.8. The van der Waals surface area contributed by atoms with Crippen LogP contribution in [0, 0.1) is 17.8 Å². The fraction of sp³-hybridized carbons (Fsp3) is 0.667. The maximum absolute atomic E-state index is 12.1. The Hall–Kier alpha value is -1.31. The first kappa shape index (κ1) is 19.5. The summed E-state index contributed by atoms with van der Waals surface area (Å²) >= 11 is 0. The number of halogens is 1. The van der Waals surface area contributed by atoms with Gasteiger partial charge >= 0.3 is 0 Å². The number of allylic oxidation sites excluding steroid dienone is 1. The molecule has 144 valence electrons. The van der Waals surface area contributed by atoms with E-state index in [0.717, 1.165) is 35.8 Å². The number of hydrogen-bond acceptors (Lipinski definition) is 1. The molecule has 2 fully saturated rings. The third-order valence-electron chi connectivity index (χ3n) is 6.94. The van der Waals surface area contributed by atoms with Crippen molar-refractivity contribution in [2.45, 2.75) is 76.5 Å². The Bertz CT molecular complexity index is 534. The molecule has 0 aliphatic heterocycles. The van der Waals surface area contributed by atoms with E-state index in [1.165, 1.54) is 69.8 Å². The monoisotopic (exact) mass is 358 g/mol. The van der Waals surface area contributed by atoms with Gasteiger partial charge in [-0.3, -0.25) is 0 Å². The minimum Gasteiger partial charge on any atom is -0.497 e. The van der Waals surface area contributed by atoms with Gasteiger partial charge < -0.3 is 4.74 Å². The largest absolute Gasteiger partial charge is 0.497 e. The number of hydrogen-bond donors (Lipinski definition) is 0. The van der Waals surface area contributed by atoms with Gasteiger partial charge in [0, 0.05) is 0 Å². The molecule has 0 aromatic heterocycles. The van der Waals surface area contributed by atoms with Crippen LogP contribution in [-0.4, -0.2) is 7.11 Å². The molecular weight excluding hydrogens is 323 g/mol. The zero-order chi connectivity index (χ0) is 18.2. The van der Waals surface area contributed by atoms with Crippen molar-refractivity contribution >= 4 is 0 Å². The van der Waals surface area contributed by atoms with E-state index in [-0.39, 0.29) is 0 Å². The van der Waals surface area contributed by atoms with Crippen LogP contribution in [0.25, 0.3) is 0 Å². The Balaban J connectivity index is 1.34. The standard InChI is InChI=1S/C24H35FO/c1-26-24-16-14-23(15-17-24)22-12-10-21(11-13-22)9-8-20-6-4-19(5-7-20)3-2-18-25/h2,14-22H,3-13H2,1H3/t19-,20-,21-,22-. The van der Waals surface area contributed by atoms with Crippen LogP contribution >= 0.6 is 0 Å². The van der Waals surface area contributed by atoms with Gasteiger partial charge in [-0.1, -0.05) is 43.9 Å². The quantitative estimate of drug-likeness (QED) is 0.492. The number of rotatable bonds is 7. The van der Waals surface area contributed by atoms with Gasteiger partial charge in [0.15, 0.2) is 0 Å². The lowest BCUT2D eigenvalue weighted by Gasteiger charge is -2.32. The van der Waals surface area contributed by atoms with Crippen molar-refractivity contribution in [1.29, 1.82) is 0 Å². The molecule has 0 bridgehead atoms. The Morgan fingerprint density at radius 2 is 1.38 bits per heavy atom. The molecule has 1 aromatic rings. The molecule has 3 rings (SSSR count). The second kappa shape index (κ2) is 10.1. The SMILES string of the molecule is COc1ccc([C@H]2CC[C@H](CC[C@H]3CC[C@H](CC=CF)CC3)CC2)cc1. The minimum atomic E-state index is 0.717. The fourth-order valence-electron chi connectivity index (χ4n) is 5.13. The van der Waals surface area contributed by atoms with Crippen molar-refractivity contribution < 1.29 is 9.13 Å². The van der Waals surface area contributed by atoms with Crippen LogP contribution in [-0.2, 0) is 0 Å². The van der Waals surface area contributed by atoms with E-state index < -0.39 is 0 Å². The van der Waals surface area contributed by atoms with Crippen molar-refractivity contribution in [2.75, 3.05) is 7.11 Å². The van der Waals surface area contributed by atoms with Gasteiger partial charge in [-0.15, -0.1) is 0 Å². The van der Waals surface area contributed by atoms with E-state index in [4.69, 9.17) is 4.74 Å². The second-order valence-corrected chi connectivity index (χ2v) is 8.55. The molecule has 0 heterocycles. The van der Waals surface area contributed by atoms with Gasteiger partial charge in [0.25, 0.3) is 0 Å². The minimum absolute atomic E-state index is 0.717. The molecule has 0 N–H and O–H groups in total. The topological polar surface area (TPSA) is 9.23 Å². The molecule has 2 aliphatic carbocycles. The molecule has 26 heavy (non-hydrogen) atoms. The average molecular weight is 359 g/mol. The van der Waals surface area contributed by atoms with E-state index in [0.29, 0.717) is 6.33 Å². The summed E-state index contributed by atoms with van der Waals surface area (Å²) in [5, 5.41) is 0. The van der Waals surface area contributed by atoms with Crippen LogP contribution in [0.3, 0.4) is 0 Å². The predicted molar refractivity (Wildman–Crippen MR) is 107 cm³/mol. The lowest BCUT2D eigenvalue weighted by Crippen LogP contribution is -2.17. The van der Waals surface area contributed by atoms with Crippen LogP contribution in [0.5, 0.6) is 5.75 Å². The highest BCUT2D eigenvalue weighted by molar-refractivity contribution is 5.29. The smallest absolute Gasteiger partial charge is 0.118 e. The van der Waals surface area contributed by atoms with Crippen LogP contribution in [0.1, 0.15) is 82.1 Å². The third-order valence-corrected chi connectivity index (χ3v) is 6.94. The highest BCUT2D eigenvalue weighted by atomic mass is 19.1. The van der Waals surface area contributed by atoms with Crippen LogP contribution in [0.2, 0.25) is 0 Å². The Morgan fingerprint density at radius 1 is 0.846 bits per heavy atom. The first-order valence-corrected chi connectivity index (χ1v) is 10.7. The molecule has 0 radical (unpaired) electrons. The first-order valence-electron chi connectivity index (χ1n) is 10.7. The maximum Gasteiger partial charge on any atom is 0.118 e. The molecular formula is C24H35FO. The van der Waals surface area contributed by atoms with E-state index >= 15 is 0 Å². The number of methoxy groups -OCH3 is 1. The highest BCUT2D eigenvalue weighted by Gasteiger charge is 2.25. The third kappa shape index (κ3) is 5.59. The molecule has 2 heteroatoms. The molecule has 0 saturated heterocycles. The van der Waals surface area contributed by atoms with E-state index in [2.05, 4.69) is 24.3 Å². The average Bonchev–Trinajstić information content (AvgIpc) is 2.72. The maximum atomic E-state index is 12.1. The molecule has 1 nitrogen and oxygen atoms in total. The van der Waals surface area contributed by atoms with E-state index in [9.17, 15) is 4.39 Å². The lowest BCUT2D eigenvalue weighted by molar-refractivity contribution is 0.231. The molecule has 2 aliphatic rings. The molecule has 0 spiro atoms. The summed E-state index contributed by atoms with van der Waals surface area (Å²) in [5.41, 5.74) is 1.49. The van der Waals surface area contributed by atoms with Crippen molar-refractivity contribution in [3.63, 3.8) is 0 Å². The van der Waals surface area contributed by atoms with Gasteiger partial charge in [0.2, 0.25) is 0 Å². The summed E-state index contributed by atoms with van der Waals surface area (Å²) in [5.74, 6) is 4.31. The Morgan fingerprint density at radius 3 is 1.92 bits per heavy atom. The molecule has 0 atom stereocenters. The summed E-state index contributed by atoms with van der Waals surface area (Å²) in [4.78, 5) is 0. The van der Waals surface area contributed by atoms with Crippen molar-refractivity contribution in [1.82, 2.24) is 0 Å². The number of ether oxygens (including phenoxy) is 1. The van der Waals surface area contributed by atoms with Crippen LogP contribution in [0.4, 0.5) is 4.39 Å². The van der Waals surface area contributed by atoms with Crippen molar-refractivity contribution in [3.05, 3.63) is 42.2 Å². The number of benzene rings is 1. The van der Waals surface area contributed by atoms with Crippen molar-refractivity contribution in [2.24, 2.45) is 17.8 Å². The zero-order valence-corrected chi connectivity index (χ0v) is 16.3. The summed E-state index contributed by atoms with van der Waals surface area (Å²) in [7, 11) is 1.73. The predicted octanol–water partition coefficient (Wildman–Crippen LogP) is 7.43. The highest BCUT2D eigenvalue weighted by Crippen LogP contribution is 2.40. The molecule has 1 aromatic carbocycles. The van der Waals surface area contributed by atoms with Gasteiger partial charge in [-0.2, -0.15) is 0 Å². The fourth-order valence-corrected chi connectivity index (χ4v) is 5.13. The molecule has 0 unspecified atom stereocenters. The second-order valence-electron chi connectivity index (χ2n) is 8.55. The van der Waals surface area contributed by atoms with Gasteiger partial charge in [-0.25, -0.2) is 4.39 Å². The summed E-state index contributed by atoms with van der Waals surface area (Å²) in [6, 6.07) is 8.70. The van der Waals surface area contributed by atoms with Crippen LogP contribution in [0.15, 0.2) is 36.7 Å². The molecule has 0 amide bonds. The lowest BCUT2D eigenvalue weighted by atomic mass is 9.74. The summed E-state index contributed by atoms with van der Waals surface area (Å²) in [6.07, 6.45) is 17.0.